The van der Waals surface area contributed by atoms with Crippen molar-refractivity contribution in [2.45, 2.75) is 31.9 Å². The number of fused-ring (bicyclic) bond motifs is 1. The van der Waals surface area contributed by atoms with E-state index in [1.54, 1.807) is 13.1 Å². The highest BCUT2D eigenvalue weighted by molar-refractivity contribution is 5.83. The van der Waals surface area contributed by atoms with E-state index in [2.05, 4.69) is 15.2 Å². The minimum Gasteiger partial charge on any atom is -0.389 e. The topological polar surface area (TPSA) is 65.5 Å². The molecule has 3 heterocycles. The summed E-state index contributed by atoms with van der Waals surface area (Å²) in [5.41, 5.74) is 0.836. The van der Waals surface area contributed by atoms with Crippen LogP contribution in [0.5, 0.6) is 0 Å². The minimum atomic E-state index is -0.547. The van der Waals surface area contributed by atoms with Gasteiger partial charge in [-0.05, 0) is 25.8 Å². The molecule has 3 rings (SSSR count). The Balaban J connectivity index is 1.95. The van der Waals surface area contributed by atoms with Crippen molar-refractivity contribution in [2.75, 3.05) is 18.0 Å². The summed E-state index contributed by atoms with van der Waals surface area (Å²) < 4.78 is 0. The average molecular weight is 261 g/mol. The second kappa shape index (κ2) is 4.81. The molecule has 2 aliphatic heterocycles. The normalized spacial score (nSPS) is 27.9. The molecule has 0 aliphatic carbocycles. The van der Waals surface area contributed by atoms with Gasteiger partial charge in [0.15, 0.2) is 0 Å². The van der Waals surface area contributed by atoms with Crippen molar-refractivity contribution in [3.63, 3.8) is 0 Å². The lowest BCUT2D eigenvalue weighted by molar-refractivity contribution is -0.122. The molecule has 0 saturated carbocycles. The van der Waals surface area contributed by atoms with Crippen molar-refractivity contribution < 1.29 is 9.90 Å². The smallest absolute Gasteiger partial charge is 0.225 e. The van der Waals surface area contributed by atoms with Crippen molar-refractivity contribution in [2.24, 2.45) is 5.92 Å². The Morgan fingerprint density at radius 3 is 3.21 bits per heavy atom. The summed E-state index contributed by atoms with van der Waals surface area (Å²) in [4.78, 5) is 18.4. The lowest BCUT2D eigenvalue weighted by Crippen LogP contribution is -2.46. The van der Waals surface area contributed by atoms with Gasteiger partial charge in [-0.2, -0.15) is 0 Å². The SMILES string of the molecule is CC(O)c1cccnc1N1CCCC2C(=O)NCC21. The van der Waals surface area contributed by atoms with Crippen LogP contribution in [0.15, 0.2) is 18.3 Å². The molecule has 1 aromatic heterocycles. The summed E-state index contributed by atoms with van der Waals surface area (Å²) >= 11 is 0. The van der Waals surface area contributed by atoms with Crippen LogP contribution in [0.25, 0.3) is 0 Å². The zero-order valence-corrected chi connectivity index (χ0v) is 11.0. The molecular formula is C14H19N3O2. The van der Waals surface area contributed by atoms with Gasteiger partial charge in [0.2, 0.25) is 5.91 Å². The van der Waals surface area contributed by atoms with Crippen molar-refractivity contribution >= 4 is 11.7 Å². The van der Waals surface area contributed by atoms with E-state index in [1.165, 1.54) is 0 Å². The van der Waals surface area contributed by atoms with Crippen LogP contribution in [-0.4, -0.2) is 35.1 Å². The summed E-state index contributed by atoms with van der Waals surface area (Å²) in [5.74, 6) is 1.05. The fraction of sp³-hybridized carbons (Fsp3) is 0.571. The summed E-state index contributed by atoms with van der Waals surface area (Å²) in [6.07, 6.45) is 3.14. The molecule has 3 unspecified atom stereocenters. The third-order valence-electron chi connectivity index (χ3n) is 4.14. The van der Waals surface area contributed by atoms with Crippen LogP contribution >= 0.6 is 0 Å². The summed E-state index contributed by atoms with van der Waals surface area (Å²) in [6.45, 7) is 3.33. The number of nitrogens with one attached hydrogen (secondary N) is 1. The van der Waals surface area contributed by atoms with Crippen LogP contribution < -0.4 is 10.2 Å². The fourth-order valence-corrected chi connectivity index (χ4v) is 3.19. The van der Waals surface area contributed by atoms with Crippen LogP contribution in [0.3, 0.4) is 0 Å². The van der Waals surface area contributed by atoms with Crippen LogP contribution in [0, 0.1) is 5.92 Å². The van der Waals surface area contributed by atoms with E-state index in [9.17, 15) is 9.90 Å². The Hall–Kier alpha value is -1.62. The van der Waals surface area contributed by atoms with Gasteiger partial charge in [0.05, 0.1) is 18.1 Å². The Bertz CT molecular complexity index is 489. The van der Waals surface area contributed by atoms with Gasteiger partial charge in [0, 0.05) is 24.8 Å². The standard InChI is InChI=1S/C14H19N3O2/c1-9(18)10-4-2-6-15-13(10)17-7-3-5-11-12(17)8-16-14(11)19/h2,4,6,9,11-12,18H,3,5,7-8H2,1H3,(H,16,19). The molecule has 1 amide bonds. The number of rotatable bonds is 2. The maximum atomic E-state index is 11.8. The number of anilines is 1. The summed E-state index contributed by atoms with van der Waals surface area (Å²) in [5, 5.41) is 12.8. The van der Waals surface area contributed by atoms with Gasteiger partial charge in [-0.3, -0.25) is 4.79 Å². The zero-order valence-electron chi connectivity index (χ0n) is 11.0. The van der Waals surface area contributed by atoms with Gasteiger partial charge < -0.3 is 15.3 Å². The monoisotopic (exact) mass is 261 g/mol. The van der Waals surface area contributed by atoms with Crippen LogP contribution in [-0.2, 0) is 4.79 Å². The molecule has 5 nitrogen and oxygen atoms in total. The first-order chi connectivity index (χ1) is 9.18. The van der Waals surface area contributed by atoms with E-state index in [4.69, 9.17) is 0 Å². The Labute approximate surface area is 112 Å². The molecule has 2 aliphatic rings. The van der Waals surface area contributed by atoms with Crippen molar-refractivity contribution in [3.8, 4) is 0 Å². The van der Waals surface area contributed by atoms with Crippen molar-refractivity contribution in [1.29, 1.82) is 0 Å². The Morgan fingerprint density at radius 1 is 1.58 bits per heavy atom. The van der Waals surface area contributed by atoms with E-state index < -0.39 is 6.10 Å². The van der Waals surface area contributed by atoms with Crippen LogP contribution in [0.2, 0.25) is 0 Å². The van der Waals surface area contributed by atoms with E-state index in [-0.39, 0.29) is 17.9 Å². The van der Waals surface area contributed by atoms with Gasteiger partial charge in [-0.25, -0.2) is 4.98 Å². The molecule has 102 valence electrons. The number of aliphatic hydroxyl groups is 1. The summed E-state index contributed by atoms with van der Waals surface area (Å²) in [7, 11) is 0. The molecule has 19 heavy (non-hydrogen) atoms. The number of piperidine rings is 1. The second-order valence-electron chi connectivity index (χ2n) is 5.35. The lowest BCUT2D eigenvalue weighted by Gasteiger charge is -2.38. The van der Waals surface area contributed by atoms with Gasteiger partial charge in [0.1, 0.15) is 5.82 Å². The summed E-state index contributed by atoms with van der Waals surface area (Å²) in [6, 6.07) is 3.92. The van der Waals surface area contributed by atoms with E-state index in [1.807, 2.05) is 12.1 Å². The first-order valence-electron chi connectivity index (χ1n) is 6.86. The molecule has 2 fully saturated rings. The van der Waals surface area contributed by atoms with Crippen molar-refractivity contribution in [1.82, 2.24) is 10.3 Å². The molecule has 5 heteroatoms. The Kier molecular flexibility index (Phi) is 3.14. The van der Waals surface area contributed by atoms with E-state index >= 15 is 0 Å². The van der Waals surface area contributed by atoms with Gasteiger partial charge in [0.25, 0.3) is 0 Å². The van der Waals surface area contributed by atoms with Crippen LogP contribution in [0.1, 0.15) is 31.4 Å². The predicted octanol–water partition coefficient (Wildman–Crippen LogP) is 0.850. The third-order valence-corrected chi connectivity index (χ3v) is 4.14. The molecule has 2 N–H and O–H groups in total. The maximum Gasteiger partial charge on any atom is 0.225 e. The van der Waals surface area contributed by atoms with Gasteiger partial charge >= 0.3 is 0 Å². The molecule has 0 spiro atoms. The first-order valence-corrected chi connectivity index (χ1v) is 6.86. The van der Waals surface area contributed by atoms with Crippen LogP contribution in [0.4, 0.5) is 5.82 Å². The quantitative estimate of drug-likeness (QED) is 0.828. The van der Waals surface area contributed by atoms with Gasteiger partial charge in [-0.1, -0.05) is 6.07 Å². The largest absolute Gasteiger partial charge is 0.389 e. The number of carbonyl (C=O) groups is 1. The molecular weight excluding hydrogens is 242 g/mol. The van der Waals surface area contributed by atoms with E-state index in [0.29, 0.717) is 6.54 Å². The highest BCUT2D eigenvalue weighted by Crippen LogP contribution is 2.33. The zero-order chi connectivity index (χ0) is 13.4. The molecule has 2 saturated heterocycles. The number of aliphatic hydroxyl groups excluding tert-OH is 1. The Morgan fingerprint density at radius 2 is 2.42 bits per heavy atom. The number of pyridine rings is 1. The number of carbonyl (C=O) groups excluding carboxylic acids is 1. The molecule has 0 bridgehead atoms. The third kappa shape index (κ3) is 2.08. The lowest BCUT2D eigenvalue weighted by atomic mass is 9.91. The fourth-order valence-electron chi connectivity index (χ4n) is 3.19. The highest BCUT2D eigenvalue weighted by Gasteiger charge is 2.41. The number of nitrogens with zero attached hydrogens (tertiary/aromatic N) is 2. The number of aromatic nitrogens is 1. The molecule has 0 radical (unpaired) electrons. The van der Waals surface area contributed by atoms with Crippen molar-refractivity contribution in [3.05, 3.63) is 23.9 Å². The highest BCUT2D eigenvalue weighted by atomic mass is 16.3. The molecule has 3 atom stereocenters. The minimum absolute atomic E-state index is 0.0672. The van der Waals surface area contributed by atoms with E-state index in [0.717, 1.165) is 30.8 Å². The van der Waals surface area contributed by atoms with Gasteiger partial charge in [-0.15, -0.1) is 0 Å². The number of amides is 1. The first kappa shape index (κ1) is 12.4. The predicted molar refractivity (Wildman–Crippen MR) is 71.7 cm³/mol. The number of hydrogen-bond acceptors (Lipinski definition) is 4. The molecule has 1 aromatic rings. The number of hydrogen-bond donors (Lipinski definition) is 2. The maximum absolute atomic E-state index is 11.8. The second-order valence-corrected chi connectivity index (χ2v) is 5.35. The molecule has 0 aromatic carbocycles. The average Bonchev–Trinajstić information content (AvgIpc) is 2.81.